The Kier molecular flexibility index (Phi) is 4.03. The Morgan fingerprint density at radius 1 is 1.43 bits per heavy atom. The summed E-state index contributed by atoms with van der Waals surface area (Å²) in [7, 11) is 3.13. The van der Waals surface area contributed by atoms with Crippen LogP contribution in [0.4, 0.5) is 0 Å². The van der Waals surface area contributed by atoms with Crippen LogP contribution in [0.15, 0.2) is 9.82 Å². The largest absolute Gasteiger partial charge is 0.468 e. The number of esters is 1. The van der Waals surface area contributed by atoms with Gasteiger partial charge in [0.2, 0.25) is 0 Å². The Labute approximate surface area is 130 Å². The van der Waals surface area contributed by atoms with Gasteiger partial charge >= 0.3 is 5.97 Å². The van der Waals surface area contributed by atoms with Gasteiger partial charge in [0.25, 0.3) is 5.56 Å². The number of ether oxygens (including phenoxy) is 1. The highest BCUT2D eigenvalue weighted by atomic mass is 32.2. The minimum Gasteiger partial charge on any atom is -0.468 e. The molecule has 0 aliphatic heterocycles. The van der Waals surface area contributed by atoms with Gasteiger partial charge in [-0.2, -0.15) is 0 Å². The van der Waals surface area contributed by atoms with Crippen LogP contribution < -0.4 is 5.56 Å². The van der Waals surface area contributed by atoms with E-state index in [-0.39, 0.29) is 17.3 Å². The zero-order valence-electron chi connectivity index (χ0n) is 12.0. The predicted molar refractivity (Wildman–Crippen MR) is 84.2 cm³/mol. The van der Waals surface area contributed by atoms with E-state index in [9.17, 15) is 9.59 Å². The molecule has 0 saturated carbocycles. The van der Waals surface area contributed by atoms with E-state index in [1.807, 2.05) is 0 Å². The smallest absolute Gasteiger partial charge is 0.316 e. The van der Waals surface area contributed by atoms with Gasteiger partial charge in [-0.3, -0.25) is 9.59 Å². The highest BCUT2D eigenvalue weighted by Gasteiger charge is 2.21. The first-order valence-electron chi connectivity index (χ1n) is 6.82. The first kappa shape index (κ1) is 14.6. The molecule has 1 aliphatic carbocycles. The lowest BCUT2D eigenvalue weighted by molar-refractivity contribution is -0.137. The van der Waals surface area contributed by atoms with E-state index in [0.717, 1.165) is 35.0 Å². The fraction of sp³-hybridized carbons (Fsp3) is 0.500. The number of nitrogens with zero attached hydrogens (tertiary/aromatic N) is 2. The van der Waals surface area contributed by atoms with Gasteiger partial charge in [-0.05, 0) is 31.2 Å². The lowest BCUT2D eigenvalue weighted by Crippen LogP contribution is -2.21. The predicted octanol–water partition coefficient (Wildman–Crippen LogP) is 2.14. The molecule has 0 unspecified atom stereocenters. The Morgan fingerprint density at radius 3 is 2.95 bits per heavy atom. The van der Waals surface area contributed by atoms with E-state index in [1.54, 1.807) is 23.0 Å². The molecule has 0 aromatic carbocycles. The van der Waals surface area contributed by atoms with Gasteiger partial charge in [-0.1, -0.05) is 11.8 Å². The van der Waals surface area contributed by atoms with Crippen molar-refractivity contribution >= 4 is 39.4 Å². The van der Waals surface area contributed by atoms with Gasteiger partial charge in [-0.25, -0.2) is 4.98 Å². The molecule has 21 heavy (non-hydrogen) atoms. The van der Waals surface area contributed by atoms with Crippen LogP contribution in [-0.2, 0) is 29.4 Å². The summed E-state index contributed by atoms with van der Waals surface area (Å²) < 4.78 is 6.29. The third-order valence-corrected chi connectivity index (χ3v) is 5.80. The number of hydrogen-bond donors (Lipinski definition) is 0. The molecular weight excluding hydrogens is 308 g/mol. The Morgan fingerprint density at radius 2 is 2.19 bits per heavy atom. The molecule has 2 aromatic heterocycles. The molecule has 112 valence electrons. The van der Waals surface area contributed by atoms with Gasteiger partial charge in [0.05, 0.1) is 18.4 Å². The highest BCUT2D eigenvalue weighted by Crippen LogP contribution is 2.35. The SMILES string of the molecule is COC(=O)CSc1nc2sc3c(c2n(C)c1=O)CCCC3. The zero-order chi connectivity index (χ0) is 15.0. The minimum atomic E-state index is -0.352. The molecule has 1 aliphatic rings. The van der Waals surface area contributed by atoms with Crippen LogP contribution in [0.25, 0.3) is 10.3 Å². The topological polar surface area (TPSA) is 61.2 Å². The van der Waals surface area contributed by atoms with E-state index in [2.05, 4.69) is 9.72 Å². The van der Waals surface area contributed by atoms with Gasteiger partial charge in [-0.15, -0.1) is 11.3 Å². The van der Waals surface area contributed by atoms with Crippen molar-refractivity contribution in [2.45, 2.75) is 30.7 Å². The second kappa shape index (κ2) is 5.81. The maximum atomic E-state index is 12.4. The first-order chi connectivity index (χ1) is 10.1. The lowest BCUT2D eigenvalue weighted by Gasteiger charge is -2.11. The monoisotopic (exact) mass is 324 g/mol. The van der Waals surface area contributed by atoms with Crippen molar-refractivity contribution in [3.05, 3.63) is 20.8 Å². The second-order valence-corrected chi connectivity index (χ2v) is 7.06. The van der Waals surface area contributed by atoms with Gasteiger partial charge < -0.3 is 9.30 Å². The normalized spacial score (nSPS) is 14.2. The van der Waals surface area contributed by atoms with Crippen LogP contribution in [0.3, 0.4) is 0 Å². The van der Waals surface area contributed by atoms with Crippen LogP contribution in [0.2, 0.25) is 0 Å². The van der Waals surface area contributed by atoms with Crippen molar-refractivity contribution in [3.8, 4) is 0 Å². The quantitative estimate of drug-likeness (QED) is 0.639. The van der Waals surface area contributed by atoms with Crippen molar-refractivity contribution in [2.24, 2.45) is 7.05 Å². The molecule has 0 saturated heterocycles. The van der Waals surface area contributed by atoms with E-state index in [0.29, 0.717) is 5.03 Å². The molecule has 0 atom stereocenters. The van der Waals surface area contributed by atoms with E-state index in [4.69, 9.17) is 0 Å². The van der Waals surface area contributed by atoms with Gasteiger partial charge in [0.15, 0.2) is 5.03 Å². The summed E-state index contributed by atoms with van der Waals surface area (Å²) in [5.74, 6) is -0.246. The third kappa shape index (κ3) is 2.60. The summed E-state index contributed by atoms with van der Waals surface area (Å²) >= 11 is 2.82. The third-order valence-electron chi connectivity index (χ3n) is 3.71. The Balaban J connectivity index is 2.06. The first-order valence-corrected chi connectivity index (χ1v) is 8.63. The lowest BCUT2D eigenvalue weighted by atomic mass is 9.98. The number of rotatable bonds is 3. The Hall–Kier alpha value is -1.34. The number of carbonyl (C=O) groups excluding carboxylic acids is 1. The van der Waals surface area contributed by atoms with E-state index >= 15 is 0 Å². The summed E-state index contributed by atoms with van der Waals surface area (Å²) in [6, 6.07) is 0. The van der Waals surface area contributed by atoms with Gasteiger partial charge in [0.1, 0.15) is 4.83 Å². The zero-order valence-corrected chi connectivity index (χ0v) is 13.6. The van der Waals surface area contributed by atoms with Crippen molar-refractivity contribution < 1.29 is 9.53 Å². The minimum absolute atomic E-state index is 0.106. The number of hydrogen-bond acceptors (Lipinski definition) is 6. The number of fused-ring (bicyclic) bond motifs is 3. The summed E-state index contributed by atoms with van der Waals surface area (Å²) in [6.45, 7) is 0. The standard InChI is InChI=1S/C14H16N2O3S2/c1-16-11-8-5-3-4-6-9(8)21-12(11)15-13(14(16)18)20-7-10(17)19-2/h3-7H2,1-2H3. The van der Waals surface area contributed by atoms with Crippen molar-refractivity contribution in [3.63, 3.8) is 0 Å². The number of aryl methyl sites for hydroxylation is 3. The number of methoxy groups -OCH3 is 1. The average molecular weight is 324 g/mol. The number of carbonyl (C=O) groups is 1. The Bertz CT molecular complexity index is 764. The summed E-state index contributed by atoms with van der Waals surface area (Å²) in [5, 5.41) is 0.369. The molecule has 0 fully saturated rings. The van der Waals surface area contributed by atoms with Crippen molar-refractivity contribution in [1.82, 2.24) is 9.55 Å². The maximum Gasteiger partial charge on any atom is 0.316 e. The second-order valence-electron chi connectivity index (χ2n) is 5.01. The number of thioether (sulfide) groups is 1. The molecule has 2 heterocycles. The molecule has 0 N–H and O–H groups in total. The fourth-order valence-corrected chi connectivity index (χ4v) is 4.76. The average Bonchev–Trinajstić information content (AvgIpc) is 2.87. The molecule has 7 heteroatoms. The van der Waals surface area contributed by atoms with E-state index in [1.165, 1.54) is 30.4 Å². The van der Waals surface area contributed by atoms with Crippen LogP contribution in [0, 0.1) is 0 Å². The summed E-state index contributed by atoms with van der Waals surface area (Å²) in [4.78, 5) is 30.4. The van der Waals surface area contributed by atoms with Crippen LogP contribution >= 0.6 is 23.1 Å². The van der Waals surface area contributed by atoms with Crippen LogP contribution in [0.1, 0.15) is 23.3 Å². The molecule has 0 bridgehead atoms. The number of aromatic nitrogens is 2. The van der Waals surface area contributed by atoms with E-state index < -0.39 is 0 Å². The summed E-state index contributed by atoms with van der Waals surface area (Å²) in [6.07, 6.45) is 4.48. The fourth-order valence-electron chi connectivity index (χ4n) is 2.62. The highest BCUT2D eigenvalue weighted by molar-refractivity contribution is 7.99. The molecular formula is C14H16N2O3S2. The molecule has 0 radical (unpaired) electrons. The number of thiophene rings is 1. The van der Waals surface area contributed by atoms with Crippen LogP contribution in [0.5, 0.6) is 0 Å². The van der Waals surface area contributed by atoms with Gasteiger partial charge in [0, 0.05) is 11.9 Å². The molecule has 3 rings (SSSR count). The molecule has 2 aromatic rings. The summed E-state index contributed by atoms with van der Waals surface area (Å²) in [5.41, 5.74) is 2.13. The van der Waals surface area contributed by atoms with Crippen molar-refractivity contribution in [1.29, 1.82) is 0 Å². The van der Waals surface area contributed by atoms with Crippen LogP contribution in [-0.4, -0.2) is 28.4 Å². The molecule has 5 nitrogen and oxygen atoms in total. The maximum absolute atomic E-state index is 12.4. The molecule has 0 amide bonds. The van der Waals surface area contributed by atoms with Crippen molar-refractivity contribution in [2.75, 3.05) is 12.9 Å². The molecule has 0 spiro atoms.